The molecule has 0 aliphatic carbocycles. The molecule has 1 N–H and O–H groups in total. The number of hydrogen-bond donors (Lipinski definition) is 1. The molecule has 0 spiro atoms. The standard InChI is InChI=1S/C18H10FNO3/c19-14-8-4-5-12(11-14)9-10-15-20-17(21)16(18(22)23-15)13-6-2-1-3-7-13/h1-8,11,21H. The average molecular weight is 307 g/mol. The maximum atomic E-state index is 13.1. The first-order valence-electron chi connectivity index (χ1n) is 6.70. The lowest BCUT2D eigenvalue weighted by molar-refractivity contribution is 0.412. The summed E-state index contributed by atoms with van der Waals surface area (Å²) in [4.78, 5) is 15.8. The maximum absolute atomic E-state index is 13.1. The molecule has 2 aromatic carbocycles. The topological polar surface area (TPSA) is 63.3 Å². The van der Waals surface area contributed by atoms with Crippen molar-refractivity contribution in [3.63, 3.8) is 0 Å². The predicted molar refractivity (Wildman–Crippen MR) is 82.3 cm³/mol. The molecule has 3 rings (SSSR count). The number of rotatable bonds is 1. The van der Waals surface area contributed by atoms with Gasteiger partial charge in [0.25, 0.3) is 5.89 Å². The van der Waals surface area contributed by atoms with Crippen LogP contribution >= 0.6 is 0 Å². The monoisotopic (exact) mass is 307 g/mol. The van der Waals surface area contributed by atoms with Crippen molar-refractivity contribution < 1.29 is 13.9 Å². The van der Waals surface area contributed by atoms with Gasteiger partial charge in [-0.25, -0.2) is 9.18 Å². The molecule has 4 nitrogen and oxygen atoms in total. The largest absolute Gasteiger partial charge is 0.493 e. The van der Waals surface area contributed by atoms with Crippen molar-refractivity contribution in [2.24, 2.45) is 0 Å². The molecule has 1 aromatic heterocycles. The first-order valence-corrected chi connectivity index (χ1v) is 6.70. The molecule has 0 fully saturated rings. The molecule has 0 atom stereocenters. The Morgan fingerprint density at radius 3 is 2.52 bits per heavy atom. The van der Waals surface area contributed by atoms with Gasteiger partial charge in [-0.2, -0.15) is 4.98 Å². The normalized spacial score (nSPS) is 9.96. The van der Waals surface area contributed by atoms with Gasteiger partial charge in [0.15, 0.2) is 0 Å². The van der Waals surface area contributed by atoms with Crippen LogP contribution in [0.5, 0.6) is 5.88 Å². The molecule has 0 radical (unpaired) electrons. The quantitative estimate of drug-likeness (QED) is 0.702. The van der Waals surface area contributed by atoms with E-state index in [0.29, 0.717) is 11.1 Å². The summed E-state index contributed by atoms with van der Waals surface area (Å²) in [6.07, 6.45) is 0. The maximum Gasteiger partial charge on any atom is 0.351 e. The summed E-state index contributed by atoms with van der Waals surface area (Å²) in [5, 5.41) is 9.97. The van der Waals surface area contributed by atoms with Crippen LogP contribution < -0.4 is 5.63 Å². The SMILES string of the molecule is O=c1oc(C#Cc2cccc(F)c2)nc(O)c1-c1ccccc1. The zero-order valence-electron chi connectivity index (χ0n) is 11.8. The van der Waals surface area contributed by atoms with E-state index in [1.165, 1.54) is 18.2 Å². The van der Waals surface area contributed by atoms with Crippen LogP contribution in [0.15, 0.2) is 63.8 Å². The molecule has 0 aliphatic heterocycles. The number of nitrogens with zero attached hydrogens (tertiary/aromatic N) is 1. The first kappa shape index (κ1) is 14.5. The summed E-state index contributed by atoms with van der Waals surface area (Å²) in [5.74, 6) is 3.99. The Kier molecular flexibility index (Phi) is 3.89. The van der Waals surface area contributed by atoms with Crippen LogP contribution in [0.1, 0.15) is 11.5 Å². The van der Waals surface area contributed by atoms with Crippen LogP contribution in [-0.2, 0) is 0 Å². The van der Waals surface area contributed by atoms with E-state index in [9.17, 15) is 14.3 Å². The highest BCUT2D eigenvalue weighted by atomic mass is 19.1. The second-order valence-electron chi connectivity index (χ2n) is 4.63. The van der Waals surface area contributed by atoms with Gasteiger partial charge in [-0.05, 0) is 29.7 Å². The van der Waals surface area contributed by atoms with Crippen molar-refractivity contribution in [1.29, 1.82) is 0 Å². The van der Waals surface area contributed by atoms with Gasteiger partial charge in [0.05, 0.1) is 0 Å². The van der Waals surface area contributed by atoms with Crippen molar-refractivity contribution in [2.45, 2.75) is 0 Å². The molecule has 0 bridgehead atoms. The van der Waals surface area contributed by atoms with E-state index in [1.807, 2.05) is 0 Å². The number of aromatic nitrogens is 1. The summed E-state index contributed by atoms with van der Waals surface area (Å²) in [6, 6.07) is 14.2. The van der Waals surface area contributed by atoms with E-state index < -0.39 is 17.3 Å². The molecule has 0 aliphatic rings. The van der Waals surface area contributed by atoms with Crippen molar-refractivity contribution in [1.82, 2.24) is 4.98 Å². The third-order valence-electron chi connectivity index (χ3n) is 3.03. The highest BCUT2D eigenvalue weighted by Crippen LogP contribution is 2.23. The lowest BCUT2D eigenvalue weighted by Crippen LogP contribution is -2.06. The lowest BCUT2D eigenvalue weighted by atomic mass is 10.1. The molecule has 0 amide bonds. The Balaban J connectivity index is 2.00. The van der Waals surface area contributed by atoms with Gasteiger partial charge in [0, 0.05) is 5.56 Å². The molecular weight excluding hydrogens is 297 g/mol. The first-order chi connectivity index (χ1) is 11.1. The molecule has 1 heterocycles. The van der Waals surface area contributed by atoms with E-state index >= 15 is 0 Å². The van der Waals surface area contributed by atoms with Gasteiger partial charge in [-0.1, -0.05) is 42.3 Å². The van der Waals surface area contributed by atoms with Crippen LogP contribution in [0.3, 0.4) is 0 Å². The van der Waals surface area contributed by atoms with Gasteiger partial charge < -0.3 is 9.52 Å². The van der Waals surface area contributed by atoms with E-state index in [1.54, 1.807) is 36.4 Å². The Hall–Kier alpha value is -3.39. The predicted octanol–water partition coefficient (Wildman–Crippen LogP) is 2.95. The molecule has 3 aromatic rings. The summed E-state index contributed by atoms with van der Waals surface area (Å²) >= 11 is 0. The summed E-state index contributed by atoms with van der Waals surface area (Å²) in [7, 11) is 0. The zero-order chi connectivity index (χ0) is 16.2. The fourth-order valence-corrected chi connectivity index (χ4v) is 2.00. The van der Waals surface area contributed by atoms with Crippen molar-refractivity contribution in [3.8, 4) is 28.8 Å². The van der Waals surface area contributed by atoms with Crippen molar-refractivity contribution in [3.05, 3.63) is 82.3 Å². The summed E-state index contributed by atoms with van der Waals surface area (Å²) in [5.41, 5.74) is 0.131. The Morgan fingerprint density at radius 2 is 1.83 bits per heavy atom. The number of halogens is 1. The van der Waals surface area contributed by atoms with Gasteiger partial charge >= 0.3 is 5.63 Å². The molecule has 5 heteroatoms. The highest BCUT2D eigenvalue weighted by Gasteiger charge is 2.13. The molecule has 0 unspecified atom stereocenters. The van der Waals surface area contributed by atoms with Gasteiger partial charge in [-0.3, -0.25) is 0 Å². The van der Waals surface area contributed by atoms with Gasteiger partial charge in [-0.15, -0.1) is 0 Å². The van der Waals surface area contributed by atoms with Gasteiger partial charge in [0.1, 0.15) is 11.4 Å². The molecule has 112 valence electrons. The minimum Gasteiger partial charge on any atom is -0.493 e. The third-order valence-corrected chi connectivity index (χ3v) is 3.03. The van der Waals surface area contributed by atoms with Crippen LogP contribution in [0, 0.1) is 17.7 Å². The zero-order valence-corrected chi connectivity index (χ0v) is 11.8. The number of hydrogen-bond acceptors (Lipinski definition) is 4. The molecule has 0 saturated heterocycles. The van der Waals surface area contributed by atoms with Crippen molar-refractivity contribution in [2.75, 3.05) is 0 Å². The molecule has 23 heavy (non-hydrogen) atoms. The Morgan fingerprint density at radius 1 is 1.04 bits per heavy atom. The lowest BCUT2D eigenvalue weighted by Gasteiger charge is -2.01. The second kappa shape index (κ2) is 6.16. The fraction of sp³-hybridized carbons (Fsp3) is 0. The third kappa shape index (κ3) is 3.27. The summed E-state index contributed by atoms with van der Waals surface area (Å²) < 4.78 is 18.1. The second-order valence-corrected chi connectivity index (χ2v) is 4.63. The van der Waals surface area contributed by atoms with E-state index in [0.717, 1.165) is 0 Å². The number of benzene rings is 2. The van der Waals surface area contributed by atoms with Crippen LogP contribution in [0.25, 0.3) is 11.1 Å². The average Bonchev–Trinajstić information content (AvgIpc) is 2.53. The Labute approximate surface area is 130 Å². The van der Waals surface area contributed by atoms with Crippen LogP contribution in [0.2, 0.25) is 0 Å². The van der Waals surface area contributed by atoms with E-state index in [2.05, 4.69) is 16.8 Å². The van der Waals surface area contributed by atoms with Crippen LogP contribution in [0.4, 0.5) is 4.39 Å². The van der Waals surface area contributed by atoms with Crippen molar-refractivity contribution >= 4 is 0 Å². The highest BCUT2D eigenvalue weighted by molar-refractivity contribution is 5.66. The van der Waals surface area contributed by atoms with E-state index in [-0.39, 0.29) is 11.5 Å². The molecular formula is C18H10FNO3. The summed E-state index contributed by atoms with van der Waals surface area (Å²) in [6.45, 7) is 0. The smallest absolute Gasteiger partial charge is 0.351 e. The fourth-order valence-electron chi connectivity index (χ4n) is 2.00. The number of aromatic hydroxyl groups is 1. The van der Waals surface area contributed by atoms with E-state index in [4.69, 9.17) is 4.42 Å². The Bertz CT molecular complexity index is 969. The van der Waals surface area contributed by atoms with Gasteiger partial charge in [0.2, 0.25) is 5.88 Å². The molecule has 0 saturated carbocycles. The minimum atomic E-state index is -0.743. The van der Waals surface area contributed by atoms with Crippen LogP contribution in [-0.4, -0.2) is 10.1 Å². The minimum absolute atomic E-state index is 0.0260.